The Hall–Kier alpha value is -3.41. The summed E-state index contributed by atoms with van der Waals surface area (Å²) in [6, 6.07) is 15.8. The van der Waals surface area contributed by atoms with Gasteiger partial charge in [-0.15, -0.1) is 0 Å². The fourth-order valence-electron chi connectivity index (χ4n) is 3.04. The van der Waals surface area contributed by atoms with Crippen LogP contribution in [-0.2, 0) is 11.3 Å². The van der Waals surface area contributed by atoms with Crippen LogP contribution in [0, 0.1) is 0 Å². The summed E-state index contributed by atoms with van der Waals surface area (Å²) in [5.41, 5.74) is 9.46. The monoisotopic (exact) mass is 318 g/mol. The van der Waals surface area contributed by atoms with E-state index in [1.54, 1.807) is 4.57 Å². The zero-order valence-electron chi connectivity index (χ0n) is 12.7. The second-order valence-corrected chi connectivity index (χ2v) is 5.54. The number of benzene rings is 2. The summed E-state index contributed by atoms with van der Waals surface area (Å²) in [7, 11) is 0. The number of hydrogen-bond donors (Lipinski definition) is 2. The highest BCUT2D eigenvalue weighted by Crippen LogP contribution is 2.33. The molecule has 4 aromatic rings. The van der Waals surface area contributed by atoms with Gasteiger partial charge in [-0.05, 0) is 23.3 Å². The number of carbonyl (C=O) groups is 1. The van der Waals surface area contributed by atoms with E-state index in [4.69, 9.17) is 5.73 Å². The minimum atomic E-state index is -0.932. The number of hydrogen-bond acceptors (Lipinski definition) is 4. The third-order valence-electron chi connectivity index (χ3n) is 4.07. The SMILES string of the molecule is Nc1ncnc2c1c1cc(-c3ccccc3)ccc1n2CC(=O)O. The summed E-state index contributed by atoms with van der Waals surface area (Å²) in [6.07, 6.45) is 1.35. The van der Waals surface area contributed by atoms with Gasteiger partial charge >= 0.3 is 5.97 Å². The fraction of sp³-hybridized carbons (Fsp3) is 0.0556. The van der Waals surface area contributed by atoms with E-state index in [-0.39, 0.29) is 6.54 Å². The molecular weight excluding hydrogens is 304 g/mol. The average molecular weight is 318 g/mol. The first-order valence-corrected chi connectivity index (χ1v) is 7.45. The van der Waals surface area contributed by atoms with Crippen molar-refractivity contribution in [2.45, 2.75) is 6.54 Å². The summed E-state index contributed by atoms with van der Waals surface area (Å²) in [5, 5.41) is 10.7. The van der Waals surface area contributed by atoms with Crippen LogP contribution in [0.15, 0.2) is 54.9 Å². The Morgan fingerprint density at radius 2 is 1.88 bits per heavy atom. The van der Waals surface area contributed by atoms with Crippen LogP contribution in [0.25, 0.3) is 33.1 Å². The molecule has 0 fully saturated rings. The third kappa shape index (κ3) is 2.16. The number of rotatable bonds is 3. The van der Waals surface area contributed by atoms with Crippen molar-refractivity contribution in [3.05, 3.63) is 54.9 Å². The number of carboxylic acid groups (broad SMARTS) is 1. The van der Waals surface area contributed by atoms with Crippen LogP contribution in [-0.4, -0.2) is 25.6 Å². The van der Waals surface area contributed by atoms with Crippen LogP contribution in [0.1, 0.15) is 0 Å². The third-order valence-corrected chi connectivity index (χ3v) is 4.07. The first-order valence-electron chi connectivity index (χ1n) is 7.45. The van der Waals surface area contributed by atoms with Crippen molar-refractivity contribution in [2.75, 3.05) is 5.73 Å². The molecule has 0 saturated heterocycles. The predicted octanol–water partition coefficient (Wildman–Crippen LogP) is 2.92. The van der Waals surface area contributed by atoms with Gasteiger partial charge in [0.1, 0.15) is 24.3 Å². The molecule has 0 saturated carbocycles. The summed E-state index contributed by atoms with van der Waals surface area (Å²) in [4.78, 5) is 19.5. The van der Waals surface area contributed by atoms with Gasteiger partial charge < -0.3 is 15.4 Å². The predicted molar refractivity (Wildman–Crippen MR) is 92.5 cm³/mol. The van der Waals surface area contributed by atoms with E-state index in [2.05, 4.69) is 9.97 Å². The molecule has 0 unspecified atom stereocenters. The van der Waals surface area contributed by atoms with E-state index >= 15 is 0 Å². The van der Waals surface area contributed by atoms with Crippen molar-refractivity contribution in [1.29, 1.82) is 0 Å². The van der Waals surface area contributed by atoms with E-state index in [9.17, 15) is 9.90 Å². The highest BCUT2D eigenvalue weighted by atomic mass is 16.4. The van der Waals surface area contributed by atoms with Gasteiger partial charge in [0.15, 0.2) is 0 Å². The van der Waals surface area contributed by atoms with Crippen LogP contribution < -0.4 is 5.73 Å². The van der Waals surface area contributed by atoms with E-state index < -0.39 is 5.97 Å². The number of aromatic nitrogens is 3. The Morgan fingerprint density at radius 3 is 2.62 bits per heavy atom. The van der Waals surface area contributed by atoms with Crippen molar-refractivity contribution in [3.63, 3.8) is 0 Å². The number of nitrogens with two attached hydrogens (primary N) is 1. The van der Waals surface area contributed by atoms with E-state index in [1.807, 2.05) is 48.5 Å². The lowest BCUT2D eigenvalue weighted by Crippen LogP contribution is -2.09. The molecule has 0 radical (unpaired) electrons. The van der Waals surface area contributed by atoms with E-state index in [0.29, 0.717) is 16.9 Å². The second kappa shape index (κ2) is 5.34. The maximum atomic E-state index is 11.2. The lowest BCUT2D eigenvalue weighted by atomic mass is 10.0. The molecule has 0 aliphatic rings. The van der Waals surface area contributed by atoms with Crippen LogP contribution >= 0.6 is 0 Å². The number of aliphatic carboxylic acids is 1. The Bertz CT molecular complexity index is 1070. The molecular formula is C18H14N4O2. The zero-order valence-corrected chi connectivity index (χ0v) is 12.7. The minimum absolute atomic E-state index is 0.179. The zero-order chi connectivity index (χ0) is 16.7. The summed E-state index contributed by atoms with van der Waals surface area (Å²) in [6.45, 7) is -0.179. The quantitative estimate of drug-likeness (QED) is 0.605. The molecule has 0 bridgehead atoms. The Balaban J connectivity index is 2.06. The van der Waals surface area contributed by atoms with Gasteiger partial charge in [0.05, 0.1) is 10.9 Å². The molecule has 6 nitrogen and oxygen atoms in total. The highest BCUT2D eigenvalue weighted by Gasteiger charge is 2.17. The summed E-state index contributed by atoms with van der Waals surface area (Å²) >= 11 is 0. The Morgan fingerprint density at radius 1 is 1.08 bits per heavy atom. The summed E-state index contributed by atoms with van der Waals surface area (Å²) < 4.78 is 1.65. The van der Waals surface area contributed by atoms with Crippen molar-refractivity contribution >= 4 is 33.7 Å². The molecule has 24 heavy (non-hydrogen) atoms. The molecule has 2 heterocycles. The molecule has 2 aromatic heterocycles. The van der Waals surface area contributed by atoms with E-state index in [1.165, 1.54) is 6.33 Å². The normalized spacial score (nSPS) is 11.2. The van der Waals surface area contributed by atoms with Crippen LogP contribution in [0.5, 0.6) is 0 Å². The number of fused-ring (bicyclic) bond motifs is 3. The molecule has 0 aliphatic carbocycles. The Kier molecular flexibility index (Phi) is 3.16. The molecule has 3 N–H and O–H groups in total. The molecule has 4 rings (SSSR count). The number of carboxylic acids is 1. The average Bonchev–Trinajstić information content (AvgIpc) is 2.90. The molecule has 6 heteroatoms. The molecule has 0 spiro atoms. The molecule has 0 atom stereocenters. The van der Waals surface area contributed by atoms with Gasteiger partial charge in [0.25, 0.3) is 0 Å². The van der Waals surface area contributed by atoms with Crippen molar-refractivity contribution in [1.82, 2.24) is 14.5 Å². The first-order chi connectivity index (χ1) is 11.6. The van der Waals surface area contributed by atoms with Gasteiger partial charge in [-0.2, -0.15) is 0 Å². The second-order valence-electron chi connectivity index (χ2n) is 5.54. The standard InChI is InChI=1S/C18H14N4O2/c19-17-16-13-8-12(11-4-2-1-3-5-11)6-7-14(13)22(9-15(23)24)18(16)21-10-20-17/h1-8,10H,9H2,(H,23,24)(H2,19,20,21). The largest absolute Gasteiger partial charge is 0.480 e. The lowest BCUT2D eigenvalue weighted by molar-refractivity contribution is -0.137. The smallest absolute Gasteiger partial charge is 0.323 e. The van der Waals surface area contributed by atoms with Crippen LogP contribution in [0.3, 0.4) is 0 Å². The molecule has 0 amide bonds. The van der Waals surface area contributed by atoms with Gasteiger partial charge in [-0.25, -0.2) is 9.97 Å². The molecule has 0 aliphatic heterocycles. The highest BCUT2D eigenvalue weighted by molar-refractivity contribution is 6.12. The van der Waals surface area contributed by atoms with Crippen molar-refractivity contribution in [2.24, 2.45) is 0 Å². The minimum Gasteiger partial charge on any atom is -0.480 e. The molecule has 2 aromatic carbocycles. The van der Waals surface area contributed by atoms with E-state index in [0.717, 1.165) is 22.0 Å². The number of nitrogens with zero attached hydrogens (tertiary/aromatic N) is 3. The summed E-state index contributed by atoms with van der Waals surface area (Å²) in [5.74, 6) is -0.586. The van der Waals surface area contributed by atoms with Crippen LogP contribution in [0.4, 0.5) is 5.82 Å². The van der Waals surface area contributed by atoms with Gasteiger partial charge in [-0.1, -0.05) is 36.4 Å². The lowest BCUT2D eigenvalue weighted by Gasteiger charge is -2.04. The van der Waals surface area contributed by atoms with Gasteiger partial charge in [0, 0.05) is 5.39 Å². The van der Waals surface area contributed by atoms with Gasteiger partial charge in [0.2, 0.25) is 0 Å². The topological polar surface area (TPSA) is 94.0 Å². The number of anilines is 1. The number of nitrogen functional groups attached to an aromatic ring is 1. The fourth-order valence-corrected chi connectivity index (χ4v) is 3.04. The first kappa shape index (κ1) is 14.2. The maximum Gasteiger partial charge on any atom is 0.323 e. The van der Waals surface area contributed by atoms with Crippen molar-refractivity contribution < 1.29 is 9.90 Å². The van der Waals surface area contributed by atoms with Crippen LogP contribution in [0.2, 0.25) is 0 Å². The van der Waals surface area contributed by atoms with Gasteiger partial charge in [-0.3, -0.25) is 4.79 Å². The molecule has 118 valence electrons. The maximum absolute atomic E-state index is 11.2. The Labute approximate surface area is 137 Å². The van der Waals surface area contributed by atoms with Crippen molar-refractivity contribution in [3.8, 4) is 11.1 Å².